The van der Waals surface area contributed by atoms with Gasteiger partial charge in [0.05, 0.1) is 31.1 Å². The first kappa shape index (κ1) is 25.4. The van der Waals surface area contributed by atoms with Gasteiger partial charge >= 0.3 is 5.69 Å². The number of amides is 1. The molecule has 2 aromatic rings. The van der Waals surface area contributed by atoms with Crippen molar-refractivity contribution in [3.05, 3.63) is 62.3 Å². The van der Waals surface area contributed by atoms with E-state index in [0.29, 0.717) is 13.0 Å². The van der Waals surface area contributed by atoms with Crippen molar-refractivity contribution in [2.75, 3.05) is 36.9 Å². The first-order valence-corrected chi connectivity index (χ1v) is 12.7. The third-order valence-electron chi connectivity index (χ3n) is 5.82. The number of nitrogens with one attached hydrogen (secondary N) is 1. The molecule has 1 fully saturated rings. The summed E-state index contributed by atoms with van der Waals surface area (Å²) in [6, 6.07) is 8.57. The minimum Gasteiger partial charge on any atom is -0.384 e. The Morgan fingerprint density at radius 3 is 2.44 bits per heavy atom. The zero-order chi connectivity index (χ0) is 25.0. The Hall–Kier alpha value is -3.25. The average Bonchev–Trinajstić information content (AvgIpc) is 3.13. The van der Waals surface area contributed by atoms with Crippen molar-refractivity contribution < 1.29 is 18.0 Å². The van der Waals surface area contributed by atoms with Crippen LogP contribution in [0.2, 0.25) is 0 Å². The number of Topliss-reactive ketones (excluding diaryl/α,β-unsaturated/α-hetero) is 1. The zero-order valence-corrected chi connectivity index (χ0v) is 20.0. The van der Waals surface area contributed by atoms with E-state index in [2.05, 4.69) is 5.32 Å². The number of carbonyl (C=O) groups excluding carboxylic acids is 2. The summed E-state index contributed by atoms with van der Waals surface area (Å²) in [5, 5.41) is 2.68. The van der Waals surface area contributed by atoms with Gasteiger partial charge in [-0.05, 0) is 18.5 Å². The molecule has 1 aromatic carbocycles. The molecule has 11 nitrogen and oxygen atoms in total. The zero-order valence-electron chi connectivity index (χ0n) is 19.2. The third kappa shape index (κ3) is 5.81. The van der Waals surface area contributed by atoms with Gasteiger partial charge in [0.25, 0.3) is 5.56 Å². The van der Waals surface area contributed by atoms with E-state index in [1.54, 1.807) is 31.2 Å². The maximum atomic E-state index is 13.1. The molecule has 12 heteroatoms. The molecule has 184 valence electrons. The van der Waals surface area contributed by atoms with Gasteiger partial charge in [0.15, 0.2) is 15.6 Å². The second kappa shape index (κ2) is 10.3. The van der Waals surface area contributed by atoms with Crippen LogP contribution in [0.4, 0.5) is 5.82 Å². The van der Waals surface area contributed by atoms with Gasteiger partial charge in [-0.1, -0.05) is 37.3 Å². The van der Waals surface area contributed by atoms with E-state index in [-0.39, 0.29) is 42.5 Å². The molecule has 34 heavy (non-hydrogen) atoms. The first-order chi connectivity index (χ1) is 16.0. The predicted molar refractivity (Wildman–Crippen MR) is 128 cm³/mol. The van der Waals surface area contributed by atoms with E-state index in [1.807, 2.05) is 6.07 Å². The summed E-state index contributed by atoms with van der Waals surface area (Å²) in [7, 11) is -1.85. The van der Waals surface area contributed by atoms with Crippen molar-refractivity contribution in [1.29, 1.82) is 0 Å². The largest absolute Gasteiger partial charge is 0.384 e. The molecular formula is C22H29N5O6S. The number of carbonyl (C=O) groups is 2. The highest BCUT2D eigenvalue weighted by Gasteiger charge is 2.29. The lowest BCUT2D eigenvalue weighted by atomic mass is 10.1. The van der Waals surface area contributed by atoms with Gasteiger partial charge in [0, 0.05) is 13.1 Å². The second-order valence-electron chi connectivity index (χ2n) is 8.37. The third-order valence-corrected chi connectivity index (χ3v) is 7.59. The number of hydrogen-bond acceptors (Lipinski definition) is 8. The van der Waals surface area contributed by atoms with E-state index < -0.39 is 38.8 Å². The summed E-state index contributed by atoms with van der Waals surface area (Å²) >= 11 is 0. The fraction of sp³-hybridized carbons (Fsp3) is 0.455. The van der Waals surface area contributed by atoms with E-state index >= 15 is 0 Å². The summed E-state index contributed by atoms with van der Waals surface area (Å²) < 4.78 is 25.2. The number of aromatic nitrogens is 2. The van der Waals surface area contributed by atoms with E-state index in [0.717, 1.165) is 10.1 Å². The van der Waals surface area contributed by atoms with Gasteiger partial charge in [0.1, 0.15) is 11.4 Å². The Bertz CT molecular complexity index is 1300. The molecule has 3 rings (SSSR count). The Labute approximate surface area is 197 Å². The first-order valence-electron chi connectivity index (χ1n) is 10.9. The number of benzene rings is 1. The molecule has 0 bridgehead atoms. The van der Waals surface area contributed by atoms with Gasteiger partial charge in [-0.2, -0.15) is 0 Å². The molecule has 0 spiro atoms. The number of anilines is 1. The van der Waals surface area contributed by atoms with Gasteiger partial charge in [0.2, 0.25) is 5.91 Å². The van der Waals surface area contributed by atoms with Crippen LogP contribution >= 0.6 is 0 Å². The van der Waals surface area contributed by atoms with Crippen LogP contribution in [0.1, 0.15) is 29.3 Å². The highest BCUT2D eigenvalue weighted by Crippen LogP contribution is 2.12. The fourth-order valence-electron chi connectivity index (χ4n) is 3.91. The average molecular weight is 492 g/mol. The lowest BCUT2D eigenvalue weighted by Crippen LogP contribution is -2.46. The minimum atomic E-state index is -3.14. The predicted octanol–water partition coefficient (Wildman–Crippen LogP) is -1.01. The molecule has 3 N–H and O–H groups in total. The molecule has 2 heterocycles. The Morgan fingerprint density at radius 1 is 1.18 bits per heavy atom. The lowest BCUT2D eigenvalue weighted by molar-refractivity contribution is -0.122. The summed E-state index contributed by atoms with van der Waals surface area (Å²) in [4.78, 5) is 52.4. The van der Waals surface area contributed by atoms with E-state index in [1.165, 1.54) is 16.5 Å². The number of rotatable bonds is 9. The number of hydrogen-bond donors (Lipinski definition) is 2. The molecule has 1 saturated heterocycles. The minimum absolute atomic E-state index is 0.0369. The standard InChI is InChI=1S/C22H29N5O6S/c1-3-26(13-18(29)24-16-9-10-34(32,33)14-16)12-17(28)19-20(23)27(22(31)25(2)21(19)30)11-15-7-5-4-6-8-15/h4-8,16H,3,9-14,23H2,1-2H3,(H,24,29)/t16-/m0/s1. The van der Waals surface area contributed by atoms with Crippen LogP contribution in [0.3, 0.4) is 0 Å². The Morgan fingerprint density at radius 2 is 1.85 bits per heavy atom. The quantitative estimate of drug-likeness (QED) is 0.423. The van der Waals surface area contributed by atoms with Gasteiger partial charge in [-0.25, -0.2) is 13.2 Å². The second-order valence-corrected chi connectivity index (χ2v) is 10.6. The number of likely N-dealkylation sites (N-methyl/N-ethyl adjacent to an activating group) is 1. The number of nitrogen functional groups attached to an aromatic ring is 1. The summed E-state index contributed by atoms with van der Waals surface area (Å²) in [6.07, 6.45) is 0.356. The number of nitrogens with two attached hydrogens (primary N) is 1. The summed E-state index contributed by atoms with van der Waals surface area (Å²) in [6.45, 7) is 1.74. The molecule has 0 unspecified atom stereocenters. The SMILES string of the molecule is CCN(CC(=O)N[C@H]1CCS(=O)(=O)C1)CC(=O)c1c(N)n(Cc2ccccc2)c(=O)n(C)c1=O. The number of sulfone groups is 1. The molecular weight excluding hydrogens is 462 g/mol. The molecule has 1 aromatic heterocycles. The van der Waals surface area contributed by atoms with Crippen LogP contribution in [0, 0.1) is 0 Å². The maximum Gasteiger partial charge on any atom is 0.332 e. The molecule has 1 atom stereocenters. The van der Waals surface area contributed by atoms with Gasteiger partial charge < -0.3 is 11.1 Å². The van der Waals surface area contributed by atoms with Crippen molar-refractivity contribution in [2.24, 2.45) is 7.05 Å². The summed E-state index contributed by atoms with van der Waals surface area (Å²) in [5.74, 6) is -1.31. The molecule has 0 aliphatic carbocycles. The van der Waals surface area contributed by atoms with Crippen LogP contribution in [0.25, 0.3) is 0 Å². The fourth-order valence-corrected chi connectivity index (χ4v) is 5.58. The van der Waals surface area contributed by atoms with Crippen molar-refractivity contribution in [3.63, 3.8) is 0 Å². The van der Waals surface area contributed by atoms with Crippen LogP contribution in [-0.2, 0) is 28.2 Å². The lowest BCUT2D eigenvalue weighted by Gasteiger charge is -2.21. The summed E-state index contributed by atoms with van der Waals surface area (Å²) in [5.41, 5.74) is 5.16. The molecule has 1 aliphatic heterocycles. The van der Waals surface area contributed by atoms with Gasteiger partial charge in [-0.15, -0.1) is 0 Å². The van der Waals surface area contributed by atoms with Crippen molar-refractivity contribution >= 4 is 27.3 Å². The van der Waals surface area contributed by atoms with Crippen LogP contribution in [-0.4, -0.2) is 71.3 Å². The molecule has 0 radical (unpaired) electrons. The topological polar surface area (TPSA) is 154 Å². The molecule has 1 amide bonds. The smallest absolute Gasteiger partial charge is 0.332 e. The number of ketones is 1. The van der Waals surface area contributed by atoms with Crippen molar-refractivity contribution in [1.82, 2.24) is 19.4 Å². The van der Waals surface area contributed by atoms with E-state index in [4.69, 9.17) is 5.73 Å². The van der Waals surface area contributed by atoms with Crippen LogP contribution in [0.5, 0.6) is 0 Å². The Kier molecular flexibility index (Phi) is 7.72. The Balaban J connectivity index is 1.78. The highest BCUT2D eigenvalue weighted by molar-refractivity contribution is 7.91. The van der Waals surface area contributed by atoms with Gasteiger partial charge in [-0.3, -0.25) is 28.4 Å². The van der Waals surface area contributed by atoms with Crippen molar-refractivity contribution in [3.8, 4) is 0 Å². The van der Waals surface area contributed by atoms with E-state index in [9.17, 15) is 27.6 Å². The molecule has 0 saturated carbocycles. The highest BCUT2D eigenvalue weighted by atomic mass is 32.2. The molecule has 1 aliphatic rings. The van der Waals surface area contributed by atoms with Crippen LogP contribution < -0.4 is 22.3 Å². The van der Waals surface area contributed by atoms with Crippen molar-refractivity contribution in [2.45, 2.75) is 25.9 Å². The van der Waals surface area contributed by atoms with Crippen LogP contribution in [0.15, 0.2) is 39.9 Å². The monoisotopic (exact) mass is 491 g/mol. The normalized spacial score (nSPS) is 17.1. The number of nitrogens with zero attached hydrogens (tertiary/aromatic N) is 3. The maximum absolute atomic E-state index is 13.1.